The van der Waals surface area contributed by atoms with Crippen LogP contribution in [0.2, 0.25) is 0 Å². The first kappa shape index (κ1) is 8.95. The van der Waals surface area contributed by atoms with E-state index in [1.807, 2.05) is 22.6 Å². The Kier molecular flexibility index (Phi) is 2.49. The van der Waals surface area contributed by atoms with Crippen molar-refractivity contribution in [3.8, 4) is 5.88 Å². The first-order valence-electron chi connectivity index (χ1n) is 3.88. The predicted molar refractivity (Wildman–Crippen MR) is 54.9 cm³/mol. The molecule has 1 aromatic rings. The van der Waals surface area contributed by atoms with Crippen molar-refractivity contribution in [1.29, 1.82) is 0 Å². The Balaban J connectivity index is 2.19. The minimum atomic E-state index is -0.155. The molecular weight excluding hydrogens is 285 g/mol. The topological polar surface area (TPSA) is 67.0 Å². The molecule has 1 aliphatic rings. The number of ether oxygens (including phenoxy) is 1. The minimum absolute atomic E-state index is 0.155. The van der Waals surface area contributed by atoms with E-state index >= 15 is 0 Å². The maximum atomic E-state index is 11.1. The summed E-state index contributed by atoms with van der Waals surface area (Å²) in [4.78, 5) is 17.6. The van der Waals surface area contributed by atoms with Gasteiger partial charge in [-0.1, -0.05) is 0 Å². The first-order valence-corrected chi connectivity index (χ1v) is 4.96. The molecule has 1 aliphatic heterocycles. The summed E-state index contributed by atoms with van der Waals surface area (Å²) in [5.74, 6) is 0.427. The Morgan fingerprint density at radius 2 is 2.38 bits per heavy atom. The second-order valence-corrected chi connectivity index (χ2v) is 3.83. The smallest absolute Gasteiger partial charge is 0.268 e. The SMILES string of the molecule is O=c1[nH]cnc(OC2CNC2)c1I. The van der Waals surface area contributed by atoms with Crippen LogP contribution < -0.4 is 15.6 Å². The zero-order chi connectivity index (χ0) is 9.26. The van der Waals surface area contributed by atoms with E-state index in [0.29, 0.717) is 9.45 Å². The standard InChI is InChI=1S/C7H8IN3O2/c8-5-6(12)10-3-11-7(5)13-4-1-9-2-4/h3-4,9H,1-2H2,(H,10,11,12). The van der Waals surface area contributed by atoms with Gasteiger partial charge in [0, 0.05) is 13.1 Å². The van der Waals surface area contributed by atoms with Crippen LogP contribution in [0.3, 0.4) is 0 Å². The van der Waals surface area contributed by atoms with Crippen LogP contribution >= 0.6 is 22.6 Å². The molecule has 0 saturated carbocycles. The summed E-state index contributed by atoms with van der Waals surface area (Å²) in [7, 11) is 0. The second kappa shape index (κ2) is 3.62. The molecule has 13 heavy (non-hydrogen) atoms. The summed E-state index contributed by atoms with van der Waals surface area (Å²) in [5.41, 5.74) is -0.155. The van der Waals surface area contributed by atoms with Crippen molar-refractivity contribution in [2.75, 3.05) is 13.1 Å². The summed E-state index contributed by atoms with van der Waals surface area (Å²) < 4.78 is 5.97. The van der Waals surface area contributed by atoms with Gasteiger partial charge < -0.3 is 15.0 Å². The van der Waals surface area contributed by atoms with Gasteiger partial charge in [0.2, 0.25) is 5.88 Å². The molecular formula is C7H8IN3O2. The van der Waals surface area contributed by atoms with Crippen LogP contribution in [-0.4, -0.2) is 29.2 Å². The normalized spacial score (nSPS) is 16.7. The van der Waals surface area contributed by atoms with E-state index in [4.69, 9.17) is 4.74 Å². The fourth-order valence-corrected chi connectivity index (χ4v) is 1.37. The van der Waals surface area contributed by atoms with E-state index in [1.165, 1.54) is 6.33 Å². The van der Waals surface area contributed by atoms with Gasteiger partial charge in [0.15, 0.2) is 0 Å². The lowest BCUT2D eigenvalue weighted by Gasteiger charge is -2.27. The molecule has 0 radical (unpaired) electrons. The maximum absolute atomic E-state index is 11.1. The summed E-state index contributed by atoms with van der Waals surface area (Å²) in [6, 6.07) is 0. The first-order chi connectivity index (χ1) is 6.27. The molecule has 0 aromatic carbocycles. The number of aromatic nitrogens is 2. The number of hydrogen-bond acceptors (Lipinski definition) is 4. The van der Waals surface area contributed by atoms with Gasteiger partial charge in [0.25, 0.3) is 5.56 Å². The lowest BCUT2D eigenvalue weighted by atomic mass is 10.2. The Bertz CT molecular complexity index is 361. The van der Waals surface area contributed by atoms with Crippen molar-refractivity contribution in [3.63, 3.8) is 0 Å². The quantitative estimate of drug-likeness (QED) is 0.736. The third-order valence-electron chi connectivity index (χ3n) is 1.79. The molecule has 6 heteroatoms. The van der Waals surface area contributed by atoms with Crippen molar-refractivity contribution in [3.05, 3.63) is 20.3 Å². The average Bonchev–Trinajstić information content (AvgIpc) is 2.04. The average molecular weight is 293 g/mol. The van der Waals surface area contributed by atoms with Crippen molar-refractivity contribution < 1.29 is 4.74 Å². The minimum Gasteiger partial charge on any atom is -0.471 e. The summed E-state index contributed by atoms with van der Waals surface area (Å²) in [6.45, 7) is 1.65. The highest BCUT2D eigenvalue weighted by molar-refractivity contribution is 14.1. The van der Waals surface area contributed by atoms with Gasteiger partial charge in [0.05, 0.1) is 6.33 Å². The molecule has 0 amide bonds. The molecule has 0 aliphatic carbocycles. The molecule has 1 aromatic heterocycles. The molecule has 1 fully saturated rings. The van der Waals surface area contributed by atoms with E-state index < -0.39 is 0 Å². The van der Waals surface area contributed by atoms with Crippen LogP contribution in [0.1, 0.15) is 0 Å². The van der Waals surface area contributed by atoms with Crippen LogP contribution in [0, 0.1) is 3.57 Å². The molecule has 0 unspecified atom stereocenters. The lowest BCUT2D eigenvalue weighted by Crippen LogP contribution is -2.50. The van der Waals surface area contributed by atoms with Crippen molar-refractivity contribution in [2.45, 2.75) is 6.10 Å². The fraction of sp³-hybridized carbons (Fsp3) is 0.429. The molecule has 2 rings (SSSR count). The molecule has 5 nitrogen and oxygen atoms in total. The number of aromatic amines is 1. The Hall–Kier alpha value is -0.630. The largest absolute Gasteiger partial charge is 0.471 e. The molecule has 0 bridgehead atoms. The Morgan fingerprint density at radius 3 is 3.00 bits per heavy atom. The molecule has 70 valence electrons. The highest BCUT2D eigenvalue weighted by atomic mass is 127. The van der Waals surface area contributed by atoms with E-state index in [-0.39, 0.29) is 11.7 Å². The zero-order valence-corrected chi connectivity index (χ0v) is 8.87. The number of nitrogens with zero attached hydrogens (tertiary/aromatic N) is 1. The third kappa shape index (κ3) is 1.83. The van der Waals surface area contributed by atoms with Gasteiger partial charge in [-0.25, -0.2) is 4.98 Å². The summed E-state index contributed by atoms with van der Waals surface area (Å²) in [5, 5.41) is 3.07. The summed E-state index contributed by atoms with van der Waals surface area (Å²) in [6.07, 6.45) is 1.51. The monoisotopic (exact) mass is 293 g/mol. The molecule has 0 atom stereocenters. The van der Waals surface area contributed by atoms with Crippen molar-refractivity contribution >= 4 is 22.6 Å². The van der Waals surface area contributed by atoms with Gasteiger partial charge in [-0.3, -0.25) is 4.79 Å². The summed E-state index contributed by atoms with van der Waals surface area (Å²) >= 11 is 1.93. The number of nitrogens with one attached hydrogen (secondary N) is 2. The molecule has 1 saturated heterocycles. The predicted octanol–water partition coefficient (Wildman–Crippen LogP) is -0.275. The van der Waals surface area contributed by atoms with Crippen molar-refractivity contribution in [2.24, 2.45) is 0 Å². The highest BCUT2D eigenvalue weighted by Crippen LogP contribution is 2.14. The molecule has 2 N–H and O–H groups in total. The highest BCUT2D eigenvalue weighted by Gasteiger charge is 2.20. The van der Waals surface area contributed by atoms with E-state index in [2.05, 4.69) is 15.3 Å². The third-order valence-corrected chi connectivity index (χ3v) is 2.74. The molecule has 0 spiro atoms. The van der Waals surface area contributed by atoms with Crippen LogP contribution in [0.5, 0.6) is 5.88 Å². The van der Waals surface area contributed by atoms with Crippen LogP contribution in [0.25, 0.3) is 0 Å². The zero-order valence-electron chi connectivity index (χ0n) is 6.71. The van der Waals surface area contributed by atoms with E-state index in [0.717, 1.165) is 13.1 Å². The number of halogens is 1. The van der Waals surface area contributed by atoms with Crippen LogP contribution in [-0.2, 0) is 0 Å². The van der Waals surface area contributed by atoms with Gasteiger partial charge in [-0.2, -0.15) is 0 Å². The van der Waals surface area contributed by atoms with Gasteiger partial charge in [-0.05, 0) is 22.6 Å². The number of rotatable bonds is 2. The van der Waals surface area contributed by atoms with Gasteiger partial charge in [0.1, 0.15) is 9.67 Å². The Labute approximate surface area is 88.0 Å². The maximum Gasteiger partial charge on any atom is 0.268 e. The van der Waals surface area contributed by atoms with Gasteiger partial charge >= 0.3 is 0 Å². The van der Waals surface area contributed by atoms with E-state index in [1.54, 1.807) is 0 Å². The fourth-order valence-electron chi connectivity index (χ4n) is 0.952. The lowest BCUT2D eigenvalue weighted by molar-refractivity contribution is 0.134. The van der Waals surface area contributed by atoms with Crippen LogP contribution in [0.4, 0.5) is 0 Å². The second-order valence-electron chi connectivity index (χ2n) is 2.75. The molecule has 2 heterocycles. The Morgan fingerprint density at radius 1 is 1.62 bits per heavy atom. The van der Waals surface area contributed by atoms with E-state index in [9.17, 15) is 4.79 Å². The van der Waals surface area contributed by atoms with Crippen LogP contribution in [0.15, 0.2) is 11.1 Å². The van der Waals surface area contributed by atoms with Crippen molar-refractivity contribution in [1.82, 2.24) is 15.3 Å². The number of hydrogen-bond donors (Lipinski definition) is 2. The number of H-pyrrole nitrogens is 1. The van der Waals surface area contributed by atoms with Gasteiger partial charge in [-0.15, -0.1) is 0 Å².